The fraction of sp³-hybridized carbons (Fsp3) is 0.417. The molecular formula is C12H13ClO3. The Morgan fingerprint density at radius 2 is 2.06 bits per heavy atom. The van der Waals surface area contributed by atoms with Gasteiger partial charge in [-0.25, -0.2) is 4.79 Å². The summed E-state index contributed by atoms with van der Waals surface area (Å²) >= 11 is 6.16. The van der Waals surface area contributed by atoms with E-state index >= 15 is 0 Å². The van der Waals surface area contributed by atoms with Gasteiger partial charge in [-0.3, -0.25) is 0 Å². The highest BCUT2D eigenvalue weighted by Gasteiger charge is 2.75. The maximum Gasteiger partial charge on any atom is 0.357 e. The van der Waals surface area contributed by atoms with Crippen molar-refractivity contribution in [2.24, 2.45) is 0 Å². The van der Waals surface area contributed by atoms with E-state index in [4.69, 9.17) is 16.3 Å². The summed E-state index contributed by atoms with van der Waals surface area (Å²) in [6.07, 6.45) is 0.621. The number of halogens is 1. The fourth-order valence-electron chi connectivity index (χ4n) is 2.01. The van der Waals surface area contributed by atoms with Gasteiger partial charge in [-0.15, -0.1) is 0 Å². The predicted molar refractivity (Wildman–Crippen MR) is 60.1 cm³/mol. The van der Waals surface area contributed by atoms with E-state index in [1.54, 1.807) is 0 Å². The summed E-state index contributed by atoms with van der Waals surface area (Å²) in [5, 5.41) is -1.36. The molecule has 1 heterocycles. The van der Waals surface area contributed by atoms with E-state index in [2.05, 4.69) is 4.74 Å². The van der Waals surface area contributed by atoms with E-state index in [9.17, 15) is 4.79 Å². The van der Waals surface area contributed by atoms with Gasteiger partial charge in [-0.05, 0) is 12.0 Å². The first-order valence-electron chi connectivity index (χ1n) is 5.14. The van der Waals surface area contributed by atoms with E-state index in [-0.39, 0.29) is 0 Å². The van der Waals surface area contributed by atoms with Crippen molar-refractivity contribution in [3.8, 4) is 0 Å². The molecule has 2 rings (SSSR count). The molecule has 1 aromatic carbocycles. The van der Waals surface area contributed by atoms with E-state index in [0.717, 1.165) is 5.56 Å². The number of ether oxygens (including phenoxy) is 2. The highest BCUT2D eigenvalue weighted by molar-refractivity contribution is 6.35. The number of hydrogen-bond acceptors (Lipinski definition) is 3. The van der Waals surface area contributed by atoms with Crippen molar-refractivity contribution in [2.75, 3.05) is 7.11 Å². The van der Waals surface area contributed by atoms with Crippen LogP contribution in [0.5, 0.6) is 0 Å². The third-order valence-electron chi connectivity index (χ3n) is 2.98. The minimum Gasteiger partial charge on any atom is -0.466 e. The van der Waals surface area contributed by atoms with Crippen LogP contribution in [0, 0.1) is 0 Å². The highest BCUT2D eigenvalue weighted by atomic mass is 35.5. The summed E-state index contributed by atoms with van der Waals surface area (Å²) in [5.74, 6) is -0.542. The Kier molecular flexibility index (Phi) is 2.68. The number of methoxy groups -OCH3 is 1. The van der Waals surface area contributed by atoms with Gasteiger partial charge in [0.15, 0.2) is 5.60 Å². The van der Waals surface area contributed by atoms with E-state index in [0.29, 0.717) is 6.42 Å². The molecule has 1 aliphatic rings. The van der Waals surface area contributed by atoms with Crippen molar-refractivity contribution in [3.63, 3.8) is 0 Å². The fourth-order valence-corrected chi connectivity index (χ4v) is 2.46. The molecule has 2 atom stereocenters. The van der Waals surface area contributed by atoms with Crippen LogP contribution in [0.15, 0.2) is 30.3 Å². The van der Waals surface area contributed by atoms with Gasteiger partial charge in [0.05, 0.1) is 7.11 Å². The standard InChI is InChI=1S/C12H13ClO3/c1-3-11(9-7-5-4-6-8-9)12(13,16-11)10(14)15-2/h4-8H,3H2,1-2H3. The minimum absolute atomic E-state index is 0.542. The largest absolute Gasteiger partial charge is 0.466 e. The van der Waals surface area contributed by atoms with E-state index in [1.807, 2.05) is 37.3 Å². The Bertz CT molecular complexity index is 406. The van der Waals surface area contributed by atoms with E-state index < -0.39 is 16.6 Å². The molecule has 0 radical (unpaired) electrons. The summed E-state index contributed by atoms with van der Waals surface area (Å²) in [7, 11) is 1.31. The number of rotatable bonds is 3. The lowest BCUT2D eigenvalue weighted by Crippen LogP contribution is -2.28. The highest BCUT2D eigenvalue weighted by Crippen LogP contribution is 2.61. The lowest BCUT2D eigenvalue weighted by atomic mass is 9.92. The maximum absolute atomic E-state index is 11.6. The van der Waals surface area contributed by atoms with Crippen LogP contribution in [-0.4, -0.2) is 18.1 Å². The monoisotopic (exact) mass is 240 g/mol. The molecule has 0 amide bonds. The number of hydrogen-bond donors (Lipinski definition) is 0. The zero-order chi connectivity index (χ0) is 11.8. The lowest BCUT2D eigenvalue weighted by Gasteiger charge is -2.12. The van der Waals surface area contributed by atoms with Crippen molar-refractivity contribution in [1.82, 2.24) is 0 Å². The third kappa shape index (κ3) is 1.35. The average molecular weight is 241 g/mol. The van der Waals surface area contributed by atoms with Gasteiger partial charge in [0.2, 0.25) is 0 Å². The van der Waals surface area contributed by atoms with Crippen LogP contribution in [0.3, 0.4) is 0 Å². The van der Waals surface area contributed by atoms with Crippen molar-refractivity contribution < 1.29 is 14.3 Å². The second kappa shape index (κ2) is 3.75. The van der Waals surface area contributed by atoms with Crippen molar-refractivity contribution in [3.05, 3.63) is 35.9 Å². The van der Waals surface area contributed by atoms with Crippen LogP contribution in [0.25, 0.3) is 0 Å². The van der Waals surface area contributed by atoms with Gasteiger partial charge in [-0.1, -0.05) is 48.9 Å². The summed E-state index contributed by atoms with van der Waals surface area (Å²) in [6, 6.07) is 9.49. The summed E-state index contributed by atoms with van der Waals surface area (Å²) in [6.45, 7) is 1.93. The van der Waals surface area contributed by atoms with Crippen LogP contribution in [0.2, 0.25) is 0 Å². The molecule has 1 aliphatic heterocycles. The van der Waals surface area contributed by atoms with E-state index in [1.165, 1.54) is 7.11 Å². The normalized spacial score (nSPS) is 32.2. The second-order valence-corrected chi connectivity index (χ2v) is 4.27. The van der Waals surface area contributed by atoms with Crippen LogP contribution >= 0.6 is 11.6 Å². The van der Waals surface area contributed by atoms with Crippen molar-refractivity contribution >= 4 is 17.6 Å². The molecule has 0 aliphatic carbocycles. The topological polar surface area (TPSA) is 38.8 Å². The molecule has 0 saturated carbocycles. The molecule has 0 aromatic heterocycles. The summed E-state index contributed by atoms with van der Waals surface area (Å²) < 4.78 is 10.1. The van der Waals surface area contributed by atoms with Gasteiger partial charge in [0.25, 0.3) is 5.06 Å². The Morgan fingerprint density at radius 1 is 1.44 bits per heavy atom. The summed E-state index contributed by atoms with van der Waals surface area (Å²) in [5.41, 5.74) is 0.154. The first kappa shape index (κ1) is 11.4. The zero-order valence-corrected chi connectivity index (χ0v) is 9.95. The van der Waals surface area contributed by atoms with Crippen LogP contribution < -0.4 is 0 Å². The first-order chi connectivity index (χ1) is 7.60. The Labute approximate surface area is 99.3 Å². The third-order valence-corrected chi connectivity index (χ3v) is 3.52. The molecule has 0 N–H and O–H groups in total. The van der Waals surface area contributed by atoms with Gasteiger partial charge < -0.3 is 9.47 Å². The molecule has 2 unspecified atom stereocenters. The molecule has 0 spiro atoms. The first-order valence-corrected chi connectivity index (χ1v) is 5.51. The average Bonchev–Trinajstić information content (AvgIpc) is 2.98. The number of alkyl halides is 1. The molecule has 1 saturated heterocycles. The van der Waals surface area contributed by atoms with Crippen molar-refractivity contribution in [1.29, 1.82) is 0 Å². The number of epoxide rings is 1. The zero-order valence-electron chi connectivity index (χ0n) is 9.20. The number of carbonyl (C=O) groups excluding carboxylic acids is 1. The quantitative estimate of drug-likeness (QED) is 0.463. The molecule has 16 heavy (non-hydrogen) atoms. The van der Waals surface area contributed by atoms with Gasteiger partial charge >= 0.3 is 5.97 Å². The van der Waals surface area contributed by atoms with Crippen LogP contribution in [0.4, 0.5) is 0 Å². The lowest BCUT2D eigenvalue weighted by molar-refractivity contribution is -0.143. The molecule has 4 heteroatoms. The Balaban J connectivity index is 2.36. The predicted octanol–water partition coefficient (Wildman–Crippen LogP) is 2.43. The van der Waals surface area contributed by atoms with Crippen LogP contribution in [-0.2, 0) is 19.9 Å². The van der Waals surface area contributed by atoms with Crippen molar-refractivity contribution in [2.45, 2.75) is 24.0 Å². The number of carbonyl (C=O) groups is 1. The molecular weight excluding hydrogens is 228 g/mol. The minimum atomic E-state index is -1.36. The van der Waals surface area contributed by atoms with Gasteiger partial charge in [0, 0.05) is 0 Å². The number of esters is 1. The molecule has 1 fully saturated rings. The number of benzene rings is 1. The molecule has 3 nitrogen and oxygen atoms in total. The second-order valence-electron chi connectivity index (χ2n) is 3.74. The van der Waals surface area contributed by atoms with Gasteiger partial charge in [0.1, 0.15) is 0 Å². The van der Waals surface area contributed by atoms with Crippen LogP contribution in [0.1, 0.15) is 18.9 Å². The SMILES string of the molecule is CCC1(c2ccccc2)OC1(Cl)C(=O)OC. The smallest absolute Gasteiger partial charge is 0.357 e. The Hall–Kier alpha value is -1.06. The molecule has 86 valence electrons. The maximum atomic E-state index is 11.6. The molecule has 1 aromatic rings. The van der Waals surface area contributed by atoms with Gasteiger partial charge in [-0.2, -0.15) is 0 Å². The summed E-state index contributed by atoms with van der Waals surface area (Å²) in [4.78, 5) is 11.6. The molecule has 0 bridgehead atoms. The Morgan fingerprint density at radius 3 is 2.56 bits per heavy atom.